The van der Waals surface area contributed by atoms with Crippen molar-refractivity contribution in [1.29, 1.82) is 5.26 Å². The molecule has 1 unspecified atom stereocenters. The molecular weight excluding hydrogens is 162 g/mol. The Bertz CT molecular complexity index is 289. The van der Waals surface area contributed by atoms with E-state index in [1.807, 2.05) is 26.1 Å². The molecule has 0 saturated heterocycles. The second-order valence-corrected chi connectivity index (χ2v) is 3.03. The number of hydrogen-bond acceptors (Lipinski definition) is 3. The third-order valence-electron chi connectivity index (χ3n) is 2.12. The molecule has 13 heavy (non-hydrogen) atoms. The SMILES string of the molecule is CC(CC#N)N(C)c1ccncc1. The van der Waals surface area contributed by atoms with Gasteiger partial charge < -0.3 is 4.90 Å². The number of pyridine rings is 1. The van der Waals surface area contributed by atoms with E-state index < -0.39 is 0 Å². The molecular formula is C10H13N3. The number of rotatable bonds is 3. The molecule has 3 heteroatoms. The minimum absolute atomic E-state index is 0.243. The van der Waals surface area contributed by atoms with E-state index >= 15 is 0 Å². The van der Waals surface area contributed by atoms with Crippen LogP contribution in [0.15, 0.2) is 24.5 Å². The Kier molecular flexibility index (Phi) is 3.27. The molecule has 1 heterocycles. The molecule has 1 aromatic rings. The van der Waals surface area contributed by atoms with Gasteiger partial charge in [-0.1, -0.05) is 0 Å². The van der Waals surface area contributed by atoms with E-state index in [4.69, 9.17) is 5.26 Å². The summed E-state index contributed by atoms with van der Waals surface area (Å²) in [5.74, 6) is 0. The first-order valence-corrected chi connectivity index (χ1v) is 4.25. The first-order valence-electron chi connectivity index (χ1n) is 4.25. The van der Waals surface area contributed by atoms with Crippen LogP contribution in [-0.4, -0.2) is 18.1 Å². The largest absolute Gasteiger partial charge is 0.371 e. The number of nitrogens with zero attached hydrogens (tertiary/aromatic N) is 3. The molecule has 0 aliphatic rings. The summed E-state index contributed by atoms with van der Waals surface area (Å²) in [7, 11) is 1.98. The van der Waals surface area contributed by atoms with Crippen LogP contribution in [0.4, 0.5) is 5.69 Å². The molecule has 0 saturated carbocycles. The van der Waals surface area contributed by atoms with Gasteiger partial charge in [0.1, 0.15) is 0 Å². The summed E-state index contributed by atoms with van der Waals surface area (Å²) < 4.78 is 0. The van der Waals surface area contributed by atoms with E-state index in [1.165, 1.54) is 0 Å². The molecule has 3 nitrogen and oxygen atoms in total. The lowest BCUT2D eigenvalue weighted by atomic mass is 10.2. The molecule has 0 radical (unpaired) electrons. The molecule has 0 spiro atoms. The number of nitriles is 1. The van der Waals surface area contributed by atoms with Gasteiger partial charge in [0.2, 0.25) is 0 Å². The third-order valence-corrected chi connectivity index (χ3v) is 2.12. The van der Waals surface area contributed by atoms with Crippen molar-refractivity contribution in [1.82, 2.24) is 4.98 Å². The van der Waals surface area contributed by atoms with E-state index in [9.17, 15) is 0 Å². The molecule has 0 amide bonds. The zero-order chi connectivity index (χ0) is 9.68. The summed E-state index contributed by atoms with van der Waals surface area (Å²) in [5, 5.41) is 8.54. The van der Waals surface area contributed by atoms with E-state index in [-0.39, 0.29) is 6.04 Å². The van der Waals surface area contributed by atoms with Gasteiger partial charge in [-0.15, -0.1) is 0 Å². The Labute approximate surface area is 78.6 Å². The van der Waals surface area contributed by atoms with E-state index in [0.717, 1.165) is 5.69 Å². The summed E-state index contributed by atoms with van der Waals surface area (Å²) in [4.78, 5) is 6.02. The van der Waals surface area contributed by atoms with Crippen LogP contribution in [0.5, 0.6) is 0 Å². The lowest BCUT2D eigenvalue weighted by Crippen LogP contribution is -2.28. The van der Waals surface area contributed by atoms with Gasteiger partial charge in [-0.2, -0.15) is 5.26 Å². The van der Waals surface area contributed by atoms with Gasteiger partial charge in [-0.05, 0) is 19.1 Å². The van der Waals surface area contributed by atoms with Gasteiger partial charge in [0, 0.05) is 31.2 Å². The summed E-state index contributed by atoms with van der Waals surface area (Å²) in [6.07, 6.45) is 4.05. The second kappa shape index (κ2) is 4.46. The Hall–Kier alpha value is -1.56. The maximum absolute atomic E-state index is 8.54. The van der Waals surface area contributed by atoms with Crippen LogP contribution in [0.3, 0.4) is 0 Å². The van der Waals surface area contributed by atoms with Crippen molar-refractivity contribution < 1.29 is 0 Å². The Morgan fingerprint density at radius 2 is 2.15 bits per heavy atom. The summed E-state index contributed by atoms with van der Waals surface area (Å²) in [6.45, 7) is 2.03. The van der Waals surface area contributed by atoms with Crippen molar-refractivity contribution in [2.24, 2.45) is 0 Å². The molecule has 0 aliphatic carbocycles. The maximum atomic E-state index is 8.54. The van der Waals surface area contributed by atoms with Crippen LogP contribution in [0, 0.1) is 11.3 Å². The second-order valence-electron chi connectivity index (χ2n) is 3.03. The molecule has 0 fully saturated rings. The molecule has 68 valence electrons. The highest BCUT2D eigenvalue weighted by molar-refractivity contribution is 5.44. The van der Waals surface area contributed by atoms with Crippen LogP contribution in [0.25, 0.3) is 0 Å². The fourth-order valence-corrected chi connectivity index (χ4v) is 1.10. The van der Waals surface area contributed by atoms with Gasteiger partial charge in [-0.3, -0.25) is 4.98 Å². The zero-order valence-corrected chi connectivity index (χ0v) is 7.94. The lowest BCUT2D eigenvalue weighted by molar-refractivity contribution is 0.702. The molecule has 1 aromatic heterocycles. The first kappa shape index (κ1) is 9.53. The van der Waals surface area contributed by atoms with Gasteiger partial charge in [0.25, 0.3) is 0 Å². The smallest absolute Gasteiger partial charge is 0.0643 e. The molecule has 0 aliphatic heterocycles. The van der Waals surface area contributed by atoms with E-state index in [1.54, 1.807) is 12.4 Å². The van der Waals surface area contributed by atoms with Crippen LogP contribution in [0.1, 0.15) is 13.3 Å². The highest BCUT2D eigenvalue weighted by Crippen LogP contribution is 2.14. The van der Waals surface area contributed by atoms with Crippen molar-refractivity contribution >= 4 is 5.69 Å². The van der Waals surface area contributed by atoms with Crippen molar-refractivity contribution in [3.05, 3.63) is 24.5 Å². The Balaban J connectivity index is 2.69. The minimum atomic E-state index is 0.243. The van der Waals surface area contributed by atoms with Crippen molar-refractivity contribution in [3.8, 4) is 6.07 Å². The molecule has 1 rings (SSSR count). The van der Waals surface area contributed by atoms with Crippen LogP contribution < -0.4 is 4.90 Å². The third kappa shape index (κ3) is 2.45. The standard InChI is InChI=1S/C10H13N3/c1-9(3-6-11)13(2)10-4-7-12-8-5-10/h4-5,7-9H,3H2,1-2H3. The summed E-state index contributed by atoms with van der Waals surface area (Å²) in [5.41, 5.74) is 1.10. The van der Waals surface area contributed by atoms with E-state index in [0.29, 0.717) is 6.42 Å². The Morgan fingerprint density at radius 1 is 1.54 bits per heavy atom. The fraction of sp³-hybridized carbons (Fsp3) is 0.400. The molecule has 0 aromatic carbocycles. The highest BCUT2D eigenvalue weighted by atomic mass is 15.1. The van der Waals surface area contributed by atoms with Gasteiger partial charge in [-0.25, -0.2) is 0 Å². The van der Waals surface area contributed by atoms with Gasteiger partial charge in [0.15, 0.2) is 0 Å². The van der Waals surface area contributed by atoms with Crippen LogP contribution in [0.2, 0.25) is 0 Å². The minimum Gasteiger partial charge on any atom is -0.371 e. The number of hydrogen-bond donors (Lipinski definition) is 0. The maximum Gasteiger partial charge on any atom is 0.0643 e. The normalized spacial score (nSPS) is 11.8. The molecule has 1 atom stereocenters. The van der Waals surface area contributed by atoms with Crippen LogP contribution in [-0.2, 0) is 0 Å². The summed E-state index contributed by atoms with van der Waals surface area (Å²) in [6, 6.07) is 6.28. The van der Waals surface area contributed by atoms with Gasteiger partial charge in [0.05, 0.1) is 12.5 Å². The zero-order valence-electron chi connectivity index (χ0n) is 7.94. The monoisotopic (exact) mass is 175 g/mol. The lowest BCUT2D eigenvalue weighted by Gasteiger charge is -2.24. The van der Waals surface area contributed by atoms with Crippen molar-refractivity contribution in [2.75, 3.05) is 11.9 Å². The van der Waals surface area contributed by atoms with Crippen LogP contribution >= 0.6 is 0 Å². The van der Waals surface area contributed by atoms with E-state index in [2.05, 4.69) is 16.0 Å². The highest BCUT2D eigenvalue weighted by Gasteiger charge is 2.08. The number of aromatic nitrogens is 1. The summed E-state index contributed by atoms with van der Waals surface area (Å²) >= 11 is 0. The van der Waals surface area contributed by atoms with Gasteiger partial charge >= 0.3 is 0 Å². The average Bonchev–Trinajstić information content (AvgIpc) is 2.18. The topological polar surface area (TPSA) is 39.9 Å². The predicted octanol–water partition coefficient (Wildman–Crippen LogP) is 1.82. The molecule has 0 N–H and O–H groups in total. The first-order chi connectivity index (χ1) is 6.25. The fourth-order valence-electron chi connectivity index (χ4n) is 1.10. The molecule has 0 bridgehead atoms. The quantitative estimate of drug-likeness (QED) is 0.703. The predicted molar refractivity (Wildman–Crippen MR) is 52.3 cm³/mol. The Morgan fingerprint density at radius 3 is 2.69 bits per heavy atom. The van der Waals surface area contributed by atoms with Crippen molar-refractivity contribution in [2.45, 2.75) is 19.4 Å². The number of anilines is 1. The average molecular weight is 175 g/mol. The van der Waals surface area contributed by atoms with Crippen molar-refractivity contribution in [3.63, 3.8) is 0 Å².